The van der Waals surface area contributed by atoms with Gasteiger partial charge in [-0.25, -0.2) is 4.79 Å². The number of hydrogen-bond acceptors (Lipinski definition) is 3. The minimum atomic E-state index is -0.122. The van der Waals surface area contributed by atoms with Gasteiger partial charge in [-0.3, -0.25) is 4.90 Å². The van der Waals surface area contributed by atoms with Crippen molar-refractivity contribution in [2.24, 2.45) is 5.92 Å². The molecule has 0 N–H and O–H groups in total. The highest BCUT2D eigenvalue weighted by Crippen LogP contribution is 2.30. The Morgan fingerprint density at radius 1 is 1.10 bits per heavy atom. The summed E-state index contributed by atoms with van der Waals surface area (Å²) in [4.78, 5) is 16.7. The number of rotatable bonds is 1. The van der Waals surface area contributed by atoms with Gasteiger partial charge >= 0.3 is 6.09 Å². The van der Waals surface area contributed by atoms with Crippen LogP contribution in [0.1, 0.15) is 24.0 Å². The molecule has 1 atom stereocenters. The van der Waals surface area contributed by atoms with Crippen LogP contribution < -0.4 is 0 Å². The van der Waals surface area contributed by atoms with Gasteiger partial charge in [-0.1, -0.05) is 24.3 Å². The van der Waals surface area contributed by atoms with E-state index < -0.39 is 0 Å². The molecule has 1 amide bonds. The number of amides is 1. The van der Waals surface area contributed by atoms with Crippen LogP contribution >= 0.6 is 0 Å². The van der Waals surface area contributed by atoms with E-state index in [1.54, 1.807) is 0 Å². The highest BCUT2D eigenvalue weighted by molar-refractivity contribution is 5.68. The Balaban J connectivity index is 1.40. The van der Waals surface area contributed by atoms with Crippen molar-refractivity contribution in [2.45, 2.75) is 31.9 Å². The molecule has 0 aliphatic carbocycles. The van der Waals surface area contributed by atoms with Gasteiger partial charge < -0.3 is 9.64 Å². The van der Waals surface area contributed by atoms with E-state index in [2.05, 4.69) is 23.1 Å². The summed E-state index contributed by atoms with van der Waals surface area (Å²) in [6.07, 6.45) is 3.29. The molecular formula is C17H22N2O2. The summed E-state index contributed by atoms with van der Waals surface area (Å²) in [7, 11) is 0. The number of carbonyl (C=O) groups excluding carboxylic acids is 1. The number of piperidine rings is 3. The second kappa shape index (κ2) is 5.34. The number of fused-ring (bicyclic) bond motifs is 4. The van der Waals surface area contributed by atoms with E-state index in [0.29, 0.717) is 12.5 Å². The normalized spacial score (nSPS) is 30.9. The lowest BCUT2D eigenvalue weighted by atomic mass is 9.86. The van der Waals surface area contributed by atoms with E-state index in [1.807, 2.05) is 11.0 Å². The van der Waals surface area contributed by atoms with Gasteiger partial charge in [-0.05, 0) is 49.4 Å². The lowest BCUT2D eigenvalue weighted by molar-refractivity contribution is -0.0446. The van der Waals surface area contributed by atoms with E-state index in [9.17, 15) is 4.79 Å². The van der Waals surface area contributed by atoms with Crippen molar-refractivity contribution in [3.05, 3.63) is 35.4 Å². The molecular weight excluding hydrogens is 264 g/mol. The lowest BCUT2D eigenvalue weighted by Gasteiger charge is -2.44. The molecule has 2 bridgehead atoms. The quantitative estimate of drug-likeness (QED) is 0.794. The van der Waals surface area contributed by atoms with Crippen LogP contribution in [0.2, 0.25) is 0 Å². The zero-order valence-electron chi connectivity index (χ0n) is 12.3. The number of ether oxygens (including phenoxy) is 1. The van der Waals surface area contributed by atoms with Gasteiger partial charge in [0.15, 0.2) is 0 Å². The van der Waals surface area contributed by atoms with Crippen LogP contribution in [0.3, 0.4) is 0 Å². The van der Waals surface area contributed by atoms with Gasteiger partial charge in [0.1, 0.15) is 6.10 Å². The monoisotopic (exact) mass is 286 g/mol. The van der Waals surface area contributed by atoms with Crippen molar-refractivity contribution in [1.82, 2.24) is 9.80 Å². The molecule has 0 spiro atoms. The van der Waals surface area contributed by atoms with Gasteiger partial charge in [-0.2, -0.15) is 0 Å². The topological polar surface area (TPSA) is 32.8 Å². The van der Waals surface area contributed by atoms with Crippen molar-refractivity contribution < 1.29 is 9.53 Å². The SMILES string of the molecule is O=C(O[C@H]1CN2CCC1CC2)N1CCc2ccccc2C1. The molecule has 3 saturated heterocycles. The average molecular weight is 286 g/mol. The first-order valence-electron chi connectivity index (χ1n) is 8.04. The molecule has 5 rings (SSSR count). The second-order valence-corrected chi connectivity index (χ2v) is 6.50. The third-order valence-electron chi connectivity index (χ3n) is 5.24. The molecule has 0 aromatic heterocycles. The smallest absolute Gasteiger partial charge is 0.410 e. The third kappa shape index (κ3) is 2.53. The summed E-state index contributed by atoms with van der Waals surface area (Å²) >= 11 is 0. The molecule has 4 heteroatoms. The van der Waals surface area contributed by atoms with E-state index in [-0.39, 0.29) is 12.2 Å². The molecule has 4 heterocycles. The van der Waals surface area contributed by atoms with Crippen molar-refractivity contribution >= 4 is 6.09 Å². The fourth-order valence-electron chi connectivity index (χ4n) is 3.90. The van der Waals surface area contributed by atoms with E-state index in [4.69, 9.17) is 4.74 Å². The Bertz CT molecular complexity index is 537. The Morgan fingerprint density at radius 2 is 1.86 bits per heavy atom. The minimum Gasteiger partial charge on any atom is -0.444 e. The van der Waals surface area contributed by atoms with Crippen LogP contribution in [-0.2, 0) is 17.7 Å². The minimum absolute atomic E-state index is 0.108. The predicted molar refractivity (Wildman–Crippen MR) is 80.0 cm³/mol. The number of benzene rings is 1. The summed E-state index contributed by atoms with van der Waals surface area (Å²) in [6.45, 7) is 4.75. The summed E-state index contributed by atoms with van der Waals surface area (Å²) in [6, 6.07) is 8.38. The Hall–Kier alpha value is -1.55. The number of carbonyl (C=O) groups is 1. The van der Waals surface area contributed by atoms with Crippen LogP contribution in [0.4, 0.5) is 4.79 Å². The van der Waals surface area contributed by atoms with Gasteiger partial charge in [0.05, 0.1) is 0 Å². The fraction of sp³-hybridized carbons (Fsp3) is 0.588. The van der Waals surface area contributed by atoms with Crippen LogP contribution in [0.25, 0.3) is 0 Å². The van der Waals surface area contributed by atoms with Crippen molar-refractivity contribution in [3.8, 4) is 0 Å². The molecule has 0 saturated carbocycles. The van der Waals surface area contributed by atoms with Gasteiger partial charge in [0.25, 0.3) is 0 Å². The van der Waals surface area contributed by atoms with Gasteiger partial charge in [0.2, 0.25) is 0 Å². The van der Waals surface area contributed by atoms with Gasteiger partial charge in [-0.15, -0.1) is 0 Å². The van der Waals surface area contributed by atoms with E-state index in [0.717, 1.165) is 19.5 Å². The Labute approximate surface area is 125 Å². The first-order chi connectivity index (χ1) is 10.3. The van der Waals surface area contributed by atoms with Crippen LogP contribution in [0.15, 0.2) is 24.3 Å². The molecule has 1 aromatic rings. The highest BCUT2D eigenvalue weighted by atomic mass is 16.6. The van der Waals surface area contributed by atoms with E-state index in [1.165, 1.54) is 37.1 Å². The summed E-state index contributed by atoms with van der Waals surface area (Å²) in [5, 5.41) is 0. The lowest BCUT2D eigenvalue weighted by Crippen LogP contribution is -2.53. The van der Waals surface area contributed by atoms with Crippen LogP contribution in [0.5, 0.6) is 0 Å². The largest absolute Gasteiger partial charge is 0.444 e. The molecule has 112 valence electrons. The molecule has 1 aromatic carbocycles. The first kappa shape index (κ1) is 13.1. The average Bonchev–Trinajstić information content (AvgIpc) is 2.55. The maximum Gasteiger partial charge on any atom is 0.410 e. The molecule has 3 fully saturated rings. The number of hydrogen-bond donors (Lipinski definition) is 0. The Kier molecular flexibility index (Phi) is 3.34. The van der Waals surface area contributed by atoms with E-state index >= 15 is 0 Å². The predicted octanol–water partition coefficient (Wildman–Crippen LogP) is 2.28. The van der Waals surface area contributed by atoms with Crippen molar-refractivity contribution in [2.75, 3.05) is 26.2 Å². The molecule has 0 unspecified atom stereocenters. The third-order valence-corrected chi connectivity index (χ3v) is 5.24. The second-order valence-electron chi connectivity index (χ2n) is 6.50. The van der Waals surface area contributed by atoms with Crippen LogP contribution in [0, 0.1) is 5.92 Å². The zero-order chi connectivity index (χ0) is 14.2. The standard InChI is InChI=1S/C17H22N2O2/c20-17(21-16-12-18-8-5-14(16)6-9-18)19-10-7-13-3-1-2-4-15(13)11-19/h1-4,14,16H,5-12H2/t16-/m0/s1. The summed E-state index contributed by atoms with van der Waals surface area (Å²) in [5.74, 6) is 0.580. The van der Waals surface area contributed by atoms with Gasteiger partial charge in [0, 0.05) is 19.6 Å². The maximum atomic E-state index is 12.4. The van der Waals surface area contributed by atoms with Crippen molar-refractivity contribution in [1.29, 1.82) is 0 Å². The number of nitrogens with zero attached hydrogens (tertiary/aromatic N) is 2. The maximum absolute atomic E-state index is 12.4. The first-order valence-corrected chi connectivity index (χ1v) is 8.04. The molecule has 4 nitrogen and oxygen atoms in total. The fourth-order valence-corrected chi connectivity index (χ4v) is 3.90. The molecule has 4 aliphatic rings. The summed E-state index contributed by atoms with van der Waals surface area (Å²) < 4.78 is 5.83. The Morgan fingerprint density at radius 3 is 2.57 bits per heavy atom. The molecule has 0 radical (unpaired) electrons. The zero-order valence-corrected chi connectivity index (χ0v) is 12.3. The van der Waals surface area contributed by atoms with Crippen molar-refractivity contribution in [3.63, 3.8) is 0 Å². The molecule has 4 aliphatic heterocycles. The highest BCUT2D eigenvalue weighted by Gasteiger charge is 2.37. The molecule has 21 heavy (non-hydrogen) atoms. The summed E-state index contributed by atoms with van der Waals surface area (Å²) in [5.41, 5.74) is 2.62. The van der Waals surface area contributed by atoms with Crippen LogP contribution in [-0.4, -0.2) is 48.2 Å².